The lowest BCUT2D eigenvalue weighted by molar-refractivity contribution is 0.0951. The molecule has 0 radical (unpaired) electrons. The van der Waals surface area contributed by atoms with Crippen molar-refractivity contribution in [3.05, 3.63) is 86.5 Å². The topological polar surface area (TPSA) is 98.1 Å². The quantitative estimate of drug-likeness (QED) is 0.475. The van der Waals surface area contributed by atoms with Gasteiger partial charge in [-0.1, -0.05) is 24.3 Å². The smallest absolute Gasteiger partial charge is 0.323 e. The molecule has 2 heterocycles. The number of H-pyrrole nitrogens is 2. The third kappa shape index (κ3) is 3.83. The van der Waals surface area contributed by atoms with Crippen LogP contribution in [0.1, 0.15) is 25.6 Å². The van der Waals surface area contributed by atoms with E-state index in [1.807, 2.05) is 23.6 Å². The number of carbonyl (C=O) groups excluding carboxylic acids is 2. The Morgan fingerprint density at radius 1 is 1.03 bits per heavy atom. The number of rotatable bonds is 5. The normalized spacial score (nSPS) is 10.8. The second-order valence-corrected chi connectivity index (χ2v) is 7.45. The summed E-state index contributed by atoms with van der Waals surface area (Å²) in [6.45, 7) is 0.291. The van der Waals surface area contributed by atoms with Gasteiger partial charge in [-0.3, -0.25) is 9.59 Å². The molecule has 4 aromatic rings. The molecule has 0 saturated carbocycles. The first-order valence-corrected chi connectivity index (χ1v) is 9.80. The van der Waals surface area contributed by atoms with Gasteiger partial charge in [-0.05, 0) is 41.3 Å². The van der Waals surface area contributed by atoms with Gasteiger partial charge in [0.15, 0.2) is 0 Å². The molecule has 3 N–H and O–H groups in total. The first kappa shape index (κ1) is 18.7. The molecule has 29 heavy (non-hydrogen) atoms. The summed E-state index contributed by atoms with van der Waals surface area (Å²) in [6.07, 6.45) is 0. The van der Waals surface area contributed by atoms with Crippen LogP contribution < -0.4 is 15.9 Å². The van der Waals surface area contributed by atoms with Crippen molar-refractivity contribution in [3.8, 4) is 0 Å². The van der Waals surface area contributed by atoms with Gasteiger partial charge in [-0.15, -0.1) is 11.3 Å². The molecular formula is C21H18N4O3S. The van der Waals surface area contributed by atoms with E-state index in [0.29, 0.717) is 33.7 Å². The maximum Gasteiger partial charge on any atom is 0.323 e. The highest BCUT2D eigenvalue weighted by Crippen LogP contribution is 2.23. The van der Waals surface area contributed by atoms with E-state index in [-0.39, 0.29) is 17.5 Å². The minimum absolute atomic E-state index is 0.165. The Bertz CT molecular complexity index is 1240. The van der Waals surface area contributed by atoms with Crippen LogP contribution in [0.15, 0.2) is 64.8 Å². The summed E-state index contributed by atoms with van der Waals surface area (Å²) < 4.78 is 0. The van der Waals surface area contributed by atoms with Crippen LogP contribution in [0.2, 0.25) is 0 Å². The Morgan fingerprint density at radius 2 is 1.83 bits per heavy atom. The molecule has 2 aromatic carbocycles. The Kier molecular flexibility index (Phi) is 5.01. The number of hydrogen-bond donors (Lipinski definition) is 3. The number of anilines is 1. The lowest BCUT2D eigenvalue weighted by Gasteiger charge is -2.20. The highest BCUT2D eigenvalue weighted by Gasteiger charge is 2.20. The molecule has 146 valence electrons. The highest BCUT2D eigenvalue weighted by atomic mass is 32.1. The number of hydrogen-bond acceptors (Lipinski definition) is 4. The second kappa shape index (κ2) is 7.76. The maximum atomic E-state index is 12.8. The van der Waals surface area contributed by atoms with Gasteiger partial charge in [0, 0.05) is 13.6 Å². The van der Waals surface area contributed by atoms with E-state index in [1.165, 1.54) is 16.2 Å². The molecular weight excluding hydrogens is 388 g/mol. The van der Waals surface area contributed by atoms with Gasteiger partial charge in [0.1, 0.15) is 0 Å². The lowest BCUT2D eigenvalue weighted by Crippen LogP contribution is -2.30. The number of thiophene rings is 1. The SMILES string of the molecule is CN(C(=O)c1cccs1)c1ccccc1C(=O)NCc1ccc2[nH]c(=O)[nH]c2c1. The maximum absolute atomic E-state index is 12.8. The van der Waals surface area contributed by atoms with Crippen molar-refractivity contribution in [2.45, 2.75) is 6.54 Å². The van der Waals surface area contributed by atoms with Gasteiger partial charge in [-0.2, -0.15) is 0 Å². The lowest BCUT2D eigenvalue weighted by atomic mass is 10.1. The van der Waals surface area contributed by atoms with E-state index >= 15 is 0 Å². The summed E-state index contributed by atoms with van der Waals surface area (Å²) in [5, 5.41) is 4.72. The summed E-state index contributed by atoms with van der Waals surface area (Å²) >= 11 is 1.36. The standard InChI is InChI=1S/C21H18N4O3S/c1-25(20(27)18-7-4-10-29-18)17-6-3-2-5-14(17)19(26)22-12-13-8-9-15-16(11-13)24-21(28)23-15/h2-11H,12H2,1H3,(H,22,26)(H2,23,24,28). The summed E-state index contributed by atoms with van der Waals surface area (Å²) in [7, 11) is 1.66. The summed E-state index contributed by atoms with van der Waals surface area (Å²) in [4.78, 5) is 44.3. The Labute approximate surface area is 170 Å². The van der Waals surface area contributed by atoms with Crippen molar-refractivity contribution >= 4 is 39.9 Å². The van der Waals surface area contributed by atoms with Crippen LogP contribution >= 0.6 is 11.3 Å². The van der Waals surface area contributed by atoms with E-state index in [4.69, 9.17) is 0 Å². The van der Waals surface area contributed by atoms with Crippen molar-refractivity contribution in [2.24, 2.45) is 0 Å². The van der Waals surface area contributed by atoms with E-state index < -0.39 is 0 Å². The van der Waals surface area contributed by atoms with Gasteiger partial charge in [-0.25, -0.2) is 4.79 Å². The molecule has 0 atom stereocenters. The molecule has 0 aliphatic carbocycles. The first-order chi connectivity index (χ1) is 14.0. The zero-order valence-corrected chi connectivity index (χ0v) is 16.4. The molecule has 0 aliphatic heterocycles. The number of nitrogens with one attached hydrogen (secondary N) is 3. The average molecular weight is 406 g/mol. The molecule has 7 nitrogen and oxygen atoms in total. The third-order valence-corrected chi connectivity index (χ3v) is 5.44. The fourth-order valence-electron chi connectivity index (χ4n) is 3.10. The highest BCUT2D eigenvalue weighted by molar-refractivity contribution is 7.12. The minimum Gasteiger partial charge on any atom is -0.348 e. The zero-order valence-electron chi connectivity index (χ0n) is 15.6. The molecule has 0 bridgehead atoms. The van der Waals surface area contributed by atoms with Crippen LogP contribution in [0, 0.1) is 0 Å². The van der Waals surface area contributed by atoms with E-state index in [1.54, 1.807) is 43.4 Å². The van der Waals surface area contributed by atoms with Gasteiger partial charge < -0.3 is 20.2 Å². The predicted octanol–water partition coefficient (Wildman–Crippen LogP) is 3.12. The van der Waals surface area contributed by atoms with Crippen molar-refractivity contribution in [1.82, 2.24) is 15.3 Å². The van der Waals surface area contributed by atoms with Crippen LogP contribution in [0.3, 0.4) is 0 Å². The fourth-order valence-corrected chi connectivity index (χ4v) is 3.80. The van der Waals surface area contributed by atoms with E-state index in [0.717, 1.165) is 5.56 Å². The number of carbonyl (C=O) groups is 2. The van der Waals surface area contributed by atoms with Gasteiger partial charge in [0.05, 0.1) is 27.2 Å². The Balaban J connectivity index is 1.52. The number of aromatic nitrogens is 2. The third-order valence-electron chi connectivity index (χ3n) is 4.58. The zero-order chi connectivity index (χ0) is 20.4. The Hall–Kier alpha value is -3.65. The van der Waals surface area contributed by atoms with Crippen LogP contribution in [0.25, 0.3) is 11.0 Å². The van der Waals surface area contributed by atoms with Gasteiger partial charge in [0.2, 0.25) is 0 Å². The monoisotopic (exact) mass is 406 g/mol. The van der Waals surface area contributed by atoms with E-state index in [9.17, 15) is 14.4 Å². The van der Waals surface area contributed by atoms with Gasteiger partial charge >= 0.3 is 5.69 Å². The van der Waals surface area contributed by atoms with Gasteiger partial charge in [0.25, 0.3) is 11.8 Å². The van der Waals surface area contributed by atoms with Crippen molar-refractivity contribution in [1.29, 1.82) is 0 Å². The summed E-state index contributed by atoms with van der Waals surface area (Å²) in [5.74, 6) is -0.448. The van der Waals surface area contributed by atoms with Crippen LogP contribution in [-0.2, 0) is 6.54 Å². The molecule has 2 amide bonds. The number of imidazole rings is 1. The van der Waals surface area contributed by atoms with Crippen LogP contribution in [-0.4, -0.2) is 28.8 Å². The molecule has 8 heteroatoms. The molecule has 0 spiro atoms. The molecule has 0 saturated heterocycles. The van der Waals surface area contributed by atoms with Crippen molar-refractivity contribution in [2.75, 3.05) is 11.9 Å². The average Bonchev–Trinajstić information content (AvgIpc) is 3.39. The molecule has 0 unspecified atom stereocenters. The molecule has 0 fully saturated rings. The number of amides is 2. The predicted molar refractivity (Wildman–Crippen MR) is 114 cm³/mol. The Morgan fingerprint density at radius 3 is 2.62 bits per heavy atom. The van der Waals surface area contributed by atoms with Crippen molar-refractivity contribution in [3.63, 3.8) is 0 Å². The van der Waals surface area contributed by atoms with Crippen molar-refractivity contribution < 1.29 is 9.59 Å². The number of nitrogens with zero attached hydrogens (tertiary/aromatic N) is 1. The van der Waals surface area contributed by atoms with Crippen LogP contribution in [0.5, 0.6) is 0 Å². The molecule has 4 rings (SSSR count). The number of fused-ring (bicyclic) bond motifs is 1. The number of para-hydroxylation sites is 1. The summed E-state index contributed by atoms with van der Waals surface area (Å²) in [6, 6.07) is 16.0. The molecule has 2 aromatic heterocycles. The molecule has 0 aliphatic rings. The van der Waals surface area contributed by atoms with Crippen LogP contribution in [0.4, 0.5) is 5.69 Å². The first-order valence-electron chi connectivity index (χ1n) is 8.92. The second-order valence-electron chi connectivity index (χ2n) is 6.50. The largest absolute Gasteiger partial charge is 0.348 e. The number of benzene rings is 2. The minimum atomic E-state index is -0.283. The number of aromatic amines is 2. The fraction of sp³-hybridized carbons (Fsp3) is 0.0952. The van der Waals surface area contributed by atoms with E-state index in [2.05, 4.69) is 15.3 Å². The summed E-state index contributed by atoms with van der Waals surface area (Å²) in [5.41, 5.74) is 2.92.